The molecule has 6 heteroatoms. The lowest BCUT2D eigenvalue weighted by Crippen LogP contribution is -2.59. The van der Waals surface area contributed by atoms with Gasteiger partial charge < -0.3 is 23.7 Å². The summed E-state index contributed by atoms with van der Waals surface area (Å²) in [6.45, 7) is 3.53. The summed E-state index contributed by atoms with van der Waals surface area (Å²) in [4.78, 5) is 11.6. The Morgan fingerprint density at radius 2 is 1.65 bits per heavy atom. The van der Waals surface area contributed by atoms with Gasteiger partial charge in [0.2, 0.25) is 0 Å². The first-order chi connectivity index (χ1) is 12.5. The maximum atomic E-state index is 11.6. The molecule has 1 heterocycles. The molecule has 0 saturated carbocycles. The molecule has 144 valence electrons. The maximum absolute atomic E-state index is 11.6. The lowest BCUT2D eigenvalue weighted by atomic mass is 9.99. The minimum atomic E-state index is -0.530. The summed E-state index contributed by atoms with van der Waals surface area (Å²) in [6.07, 6.45) is -0.0324. The van der Waals surface area contributed by atoms with Gasteiger partial charge in [0.05, 0.1) is 12.2 Å². The number of Topliss-reactive ketones (excluding diaryl/α,β-unsaturated/α-hetero) is 1. The second kappa shape index (κ2) is 8.15. The Bertz CT molecular complexity index is 645. The number of carbonyl (C=O) groups is 1. The van der Waals surface area contributed by atoms with Gasteiger partial charge >= 0.3 is 0 Å². The van der Waals surface area contributed by atoms with E-state index in [9.17, 15) is 4.79 Å². The molecule has 1 aromatic carbocycles. The van der Waals surface area contributed by atoms with Crippen molar-refractivity contribution in [2.45, 2.75) is 63.5 Å². The van der Waals surface area contributed by atoms with Crippen molar-refractivity contribution in [3.05, 3.63) is 34.9 Å². The second-order valence-corrected chi connectivity index (χ2v) is 7.02. The van der Waals surface area contributed by atoms with Crippen molar-refractivity contribution < 1.29 is 28.5 Å². The van der Waals surface area contributed by atoms with Gasteiger partial charge in [-0.15, -0.1) is 0 Å². The molecule has 3 rings (SSSR count). The lowest BCUT2D eigenvalue weighted by molar-refractivity contribution is -0.314. The fourth-order valence-corrected chi connectivity index (χ4v) is 4.01. The Kier molecular flexibility index (Phi) is 6.10. The number of ketones is 1. The molecular weight excluding hydrogens is 336 g/mol. The number of methoxy groups -OCH3 is 3. The summed E-state index contributed by atoms with van der Waals surface area (Å²) in [7, 11) is 4.92. The average molecular weight is 364 g/mol. The van der Waals surface area contributed by atoms with E-state index >= 15 is 0 Å². The number of ether oxygens (including phenoxy) is 5. The van der Waals surface area contributed by atoms with Crippen molar-refractivity contribution in [1.29, 1.82) is 0 Å². The highest BCUT2D eigenvalue weighted by Gasteiger charge is 2.47. The number of carbonyl (C=O) groups excluding carboxylic acids is 1. The van der Waals surface area contributed by atoms with Crippen LogP contribution in [0.5, 0.6) is 0 Å². The van der Waals surface area contributed by atoms with Crippen molar-refractivity contribution in [2.75, 3.05) is 21.3 Å². The predicted molar refractivity (Wildman–Crippen MR) is 95.5 cm³/mol. The zero-order valence-electron chi connectivity index (χ0n) is 16.1. The summed E-state index contributed by atoms with van der Waals surface area (Å²) in [5, 5.41) is 0. The molecule has 26 heavy (non-hydrogen) atoms. The van der Waals surface area contributed by atoms with Crippen LogP contribution in [0.1, 0.15) is 35.3 Å². The van der Waals surface area contributed by atoms with E-state index in [1.807, 2.05) is 25.1 Å². The van der Waals surface area contributed by atoms with E-state index in [1.165, 1.54) is 11.1 Å². The standard InChI is InChI=1S/C20H28O6/c1-11(21)13-6-7-14-9-16(10-15(14)8-13)26-20-19(24-5)18(23-4)17(22-3)12(2)25-20/h6-8,12,16-20H,9-10H2,1-5H3. The van der Waals surface area contributed by atoms with E-state index in [4.69, 9.17) is 23.7 Å². The van der Waals surface area contributed by atoms with Crippen LogP contribution in [0.4, 0.5) is 0 Å². The van der Waals surface area contributed by atoms with Crippen molar-refractivity contribution in [3.8, 4) is 0 Å². The van der Waals surface area contributed by atoms with Gasteiger partial charge in [0.1, 0.15) is 18.3 Å². The molecule has 2 aliphatic rings. The smallest absolute Gasteiger partial charge is 0.187 e. The van der Waals surface area contributed by atoms with Crippen LogP contribution in [0.3, 0.4) is 0 Å². The van der Waals surface area contributed by atoms with Crippen LogP contribution in [0.25, 0.3) is 0 Å². The predicted octanol–water partition coefficient (Wildman–Crippen LogP) is 2.16. The molecule has 6 nitrogen and oxygen atoms in total. The summed E-state index contributed by atoms with van der Waals surface area (Å²) in [5.41, 5.74) is 3.12. The molecule has 6 unspecified atom stereocenters. The highest BCUT2D eigenvalue weighted by atomic mass is 16.7. The second-order valence-electron chi connectivity index (χ2n) is 7.02. The topological polar surface area (TPSA) is 63.2 Å². The Morgan fingerprint density at radius 1 is 1.00 bits per heavy atom. The fourth-order valence-electron chi connectivity index (χ4n) is 4.01. The quantitative estimate of drug-likeness (QED) is 0.721. The SMILES string of the molecule is COC1C(C)OC(OC2Cc3ccc(C(C)=O)cc3C2)C(OC)C1OC. The van der Waals surface area contributed by atoms with Crippen molar-refractivity contribution in [2.24, 2.45) is 0 Å². The van der Waals surface area contributed by atoms with E-state index in [-0.39, 0.29) is 36.3 Å². The molecular formula is C20H28O6. The van der Waals surface area contributed by atoms with E-state index < -0.39 is 6.29 Å². The molecule has 0 amide bonds. The van der Waals surface area contributed by atoms with E-state index in [0.29, 0.717) is 0 Å². The molecule has 1 aliphatic heterocycles. The first-order valence-corrected chi connectivity index (χ1v) is 9.00. The Morgan fingerprint density at radius 3 is 2.27 bits per heavy atom. The van der Waals surface area contributed by atoms with Crippen molar-refractivity contribution in [1.82, 2.24) is 0 Å². The van der Waals surface area contributed by atoms with Crippen LogP contribution in [-0.4, -0.2) is 63.9 Å². The van der Waals surface area contributed by atoms with Gasteiger partial charge in [-0.3, -0.25) is 4.79 Å². The summed E-state index contributed by atoms with van der Waals surface area (Å²) in [5.74, 6) is 0.0783. The molecule has 0 radical (unpaired) electrons. The number of benzene rings is 1. The van der Waals surface area contributed by atoms with Crippen LogP contribution >= 0.6 is 0 Å². The lowest BCUT2D eigenvalue weighted by Gasteiger charge is -2.44. The van der Waals surface area contributed by atoms with E-state index in [0.717, 1.165) is 18.4 Å². The minimum Gasteiger partial charge on any atom is -0.376 e. The zero-order valence-corrected chi connectivity index (χ0v) is 16.1. The fraction of sp³-hybridized carbons (Fsp3) is 0.650. The molecule has 1 fully saturated rings. The van der Waals surface area contributed by atoms with Gasteiger partial charge in [-0.05, 0) is 43.9 Å². The van der Waals surface area contributed by atoms with Crippen molar-refractivity contribution in [3.63, 3.8) is 0 Å². The van der Waals surface area contributed by atoms with Crippen LogP contribution in [0.2, 0.25) is 0 Å². The third-order valence-corrected chi connectivity index (χ3v) is 5.38. The molecule has 0 spiro atoms. The number of hydrogen-bond acceptors (Lipinski definition) is 6. The van der Waals surface area contributed by atoms with E-state index in [2.05, 4.69) is 0 Å². The molecule has 0 N–H and O–H groups in total. The summed E-state index contributed by atoms with van der Waals surface area (Å²) in [6, 6.07) is 5.87. The van der Waals surface area contributed by atoms with Crippen molar-refractivity contribution >= 4 is 5.78 Å². The van der Waals surface area contributed by atoms with Crippen LogP contribution < -0.4 is 0 Å². The van der Waals surface area contributed by atoms with Gasteiger partial charge in [0.25, 0.3) is 0 Å². The van der Waals surface area contributed by atoms with Crippen LogP contribution in [-0.2, 0) is 36.5 Å². The Hall–Kier alpha value is -1.31. The molecule has 0 bridgehead atoms. The molecule has 1 aliphatic carbocycles. The largest absolute Gasteiger partial charge is 0.376 e. The number of hydrogen-bond donors (Lipinski definition) is 0. The summed E-state index contributed by atoms with van der Waals surface area (Å²) >= 11 is 0. The highest BCUT2D eigenvalue weighted by molar-refractivity contribution is 5.94. The van der Waals surface area contributed by atoms with Gasteiger partial charge in [-0.1, -0.05) is 12.1 Å². The molecule has 1 saturated heterocycles. The maximum Gasteiger partial charge on any atom is 0.187 e. The van der Waals surface area contributed by atoms with Gasteiger partial charge in [0.15, 0.2) is 12.1 Å². The number of rotatable bonds is 6. The zero-order chi connectivity index (χ0) is 18.8. The van der Waals surface area contributed by atoms with Gasteiger partial charge in [0, 0.05) is 26.9 Å². The first-order valence-electron chi connectivity index (χ1n) is 9.00. The Labute approximate surface area is 154 Å². The first kappa shape index (κ1) is 19.5. The average Bonchev–Trinajstić information content (AvgIpc) is 3.02. The van der Waals surface area contributed by atoms with Crippen LogP contribution in [0, 0.1) is 0 Å². The van der Waals surface area contributed by atoms with Crippen LogP contribution in [0.15, 0.2) is 18.2 Å². The molecule has 0 aromatic heterocycles. The monoisotopic (exact) mass is 364 g/mol. The summed E-state index contributed by atoms with van der Waals surface area (Å²) < 4.78 is 29.1. The Balaban J connectivity index is 1.71. The third kappa shape index (κ3) is 3.70. The normalized spacial score (nSPS) is 33.9. The minimum absolute atomic E-state index is 0.0151. The van der Waals surface area contributed by atoms with E-state index in [1.54, 1.807) is 28.3 Å². The molecule has 6 atom stereocenters. The number of fused-ring (bicyclic) bond motifs is 1. The molecule has 1 aromatic rings. The van der Waals surface area contributed by atoms with Gasteiger partial charge in [-0.2, -0.15) is 0 Å². The highest BCUT2D eigenvalue weighted by Crippen LogP contribution is 2.32. The van der Waals surface area contributed by atoms with Gasteiger partial charge in [-0.25, -0.2) is 0 Å². The third-order valence-electron chi connectivity index (χ3n) is 5.38.